The third kappa shape index (κ3) is 5.92. The van der Waals surface area contributed by atoms with Gasteiger partial charge in [0.1, 0.15) is 17.5 Å². The van der Waals surface area contributed by atoms with E-state index in [1.807, 2.05) is 42.5 Å². The zero-order chi connectivity index (χ0) is 26.5. The number of aliphatic hydroxyl groups is 1. The molecule has 0 bridgehead atoms. The van der Waals surface area contributed by atoms with E-state index in [-0.39, 0.29) is 12.6 Å². The fraction of sp³-hybridized carbons (Fsp3) is 0.276. The number of rotatable bonds is 9. The number of aromatic amines is 1. The molecule has 7 nitrogen and oxygen atoms in total. The molecule has 1 aliphatic rings. The van der Waals surface area contributed by atoms with Crippen LogP contribution in [0.3, 0.4) is 0 Å². The minimum absolute atomic E-state index is 0.124. The molecule has 0 saturated carbocycles. The van der Waals surface area contributed by atoms with Gasteiger partial charge in [-0.2, -0.15) is 0 Å². The van der Waals surface area contributed by atoms with Crippen molar-refractivity contribution in [2.45, 2.75) is 18.9 Å². The summed E-state index contributed by atoms with van der Waals surface area (Å²) in [6, 6.07) is 20.0. The van der Waals surface area contributed by atoms with Gasteiger partial charge < -0.3 is 24.9 Å². The summed E-state index contributed by atoms with van der Waals surface area (Å²) in [5.41, 5.74) is 4.02. The van der Waals surface area contributed by atoms with Crippen LogP contribution in [-0.4, -0.2) is 53.9 Å². The number of amides is 1. The Labute approximate surface area is 231 Å². The molecule has 4 aromatic rings. The molecule has 198 valence electrons. The molecule has 0 radical (unpaired) electrons. The van der Waals surface area contributed by atoms with E-state index in [4.69, 9.17) is 37.8 Å². The molecule has 5 rings (SSSR count). The largest absolute Gasteiger partial charge is 0.494 e. The van der Waals surface area contributed by atoms with Crippen molar-refractivity contribution < 1.29 is 19.4 Å². The number of H-pyrrole nitrogens is 1. The van der Waals surface area contributed by atoms with Crippen molar-refractivity contribution in [1.82, 2.24) is 15.2 Å². The van der Waals surface area contributed by atoms with Crippen molar-refractivity contribution in [3.63, 3.8) is 0 Å². The number of nitrogens with zero attached hydrogens (tertiary/aromatic N) is 1. The number of carbonyl (C=O) groups is 1. The van der Waals surface area contributed by atoms with Crippen LogP contribution in [0.1, 0.15) is 29.3 Å². The third-order valence-corrected chi connectivity index (χ3v) is 7.08. The van der Waals surface area contributed by atoms with Crippen molar-refractivity contribution in [3.8, 4) is 11.5 Å². The van der Waals surface area contributed by atoms with Crippen molar-refractivity contribution in [1.29, 1.82) is 0 Å². The first-order valence-corrected chi connectivity index (χ1v) is 13.4. The summed E-state index contributed by atoms with van der Waals surface area (Å²) in [6.07, 6.45) is 1.07. The van der Waals surface area contributed by atoms with E-state index in [0.717, 1.165) is 46.4 Å². The predicted octanol–water partition coefficient (Wildman–Crippen LogP) is 5.97. The number of fused-ring (bicyclic) bond motifs is 3. The smallest absolute Gasteiger partial charge is 0.416 e. The Morgan fingerprint density at radius 2 is 1.74 bits per heavy atom. The first-order valence-electron chi connectivity index (χ1n) is 12.6. The second-order valence-electron chi connectivity index (χ2n) is 9.12. The fourth-order valence-electron chi connectivity index (χ4n) is 4.80. The SMILES string of the molecule is O=C(Oc1ccc(Cl)cc1)N1CCc2c([nH]c3ccc(Cl)cc23)C1c1ccc(OCCCNCCO)cc1. The van der Waals surface area contributed by atoms with Gasteiger partial charge in [0.2, 0.25) is 0 Å². The van der Waals surface area contributed by atoms with E-state index in [0.29, 0.717) is 41.9 Å². The third-order valence-electron chi connectivity index (χ3n) is 6.59. The topological polar surface area (TPSA) is 86.8 Å². The molecule has 1 aromatic heterocycles. The van der Waals surface area contributed by atoms with Crippen LogP contribution in [0.25, 0.3) is 10.9 Å². The lowest BCUT2D eigenvalue weighted by atomic mass is 9.92. The number of carbonyl (C=O) groups excluding carboxylic acids is 1. The van der Waals surface area contributed by atoms with Gasteiger partial charge in [-0.3, -0.25) is 4.90 Å². The Morgan fingerprint density at radius 3 is 2.50 bits per heavy atom. The molecule has 1 unspecified atom stereocenters. The molecule has 2 heterocycles. The number of hydrogen-bond acceptors (Lipinski definition) is 5. The van der Waals surface area contributed by atoms with Crippen LogP contribution in [0.4, 0.5) is 4.79 Å². The molecule has 9 heteroatoms. The van der Waals surface area contributed by atoms with Gasteiger partial charge in [0.15, 0.2) is 0 Å². The highest BCUT2D eigenvalue weighted by molar-refractivity contribution is 6.31. The van der Waals surface area contributed by atoms with Gasteiger partial charge in [0, 0.05) is 39.7 Å². The number of hydrogen-bond donors (Lipinski definition) is 3. The predicted molar refractivity (Wildman–Crippen MR) is 150 cm³/mol. The van der Waals surface area contributed by atoms with Crippen LogP contribution in [0, 0.1) is 0 Å². The van der Waals surface area contributed by atoms with Gasteiger partial charge in [-0.05, 0) is 85.1 Å². The van der Waals surface area contributed by atoms with Crippen LogP contribution in [0.15, 0.2) is 66.7 Å². The maximum absolute atomic E-state index is 13.4. The van der Waals surface area contributed by atoms with Crippen molar-refractivity contribution in [2.75, 3.05) is 32.8 Å². The number of aliphatic hydroxyl groups excluding tert-OH is 1. The molecule has 1 atom stereocenters. The zero-order valence-electron chi connectivity index (χ0n) is 20.8. The van der Waals surface area contributed by atoms with E-state index >= 15 is 0 Å². The van der Waals surface area contributed by atoms with E-state index in [9.17, 15) is 4.79 Å². The number of ether oxygens (including phenoxy) is 2. The monoisotopic (exact) mass is 553 g/mol. The number of halogens is 2. The summed E-state index contributed by atoms with van der Waals surface area (Å²) >= 11 is 12.3. The standard InChI is InChI=1S/C29H29Cl2N3O4/c30-20-4-9-23(10-5-20)38-29(36)34-15-12-24-25-18-21(31)6-11-26(25)33-27(24)28(34)19-2-7-22(8-3-19)37-17-1-13-32-14-16-35/h2-11,18,28,32-33,35H,1,12-17H2. The summed E-state index contributed by atoms with van der Waals surface area (Å²) < 4.78 is 11.6. The molecule has 0 aliphatic carbocycles. The summed E-state index contributed by atoms with van der Waals surface area (Å²) in [6.45, 7) is 2.53. The highest BCUT2D eigenvalue weighted by Crippen LogP contribution is 2.40. The van der Waals surface area contributed by atoms with Gasteiger partial charge >= 0.3 is 6.09 Å². The summed E-state index contributed by atoms with van der Waals surface area (Å²) in [4.78, 5) is 18.7. The van der Waals surface area contributed by atoms with Gasteiger partial charge in [-0.15, -0.1) is 0 Å². The summed E-state index contributed by atoms with van der Waals surface area (Å²) in [5.74, 6) is 1.19. The van der Waals surface area contributed by atoms with Gasteiger partial charge in [0.05, 0.1) is 13.2 Å². The second-order valence-corrected chi connectivity index (χ2v) is 9.99. The average molecular weight is 554 g/mol. The lowest BCUT2D eigenvalue weighted by molar-refractivity contribution is 0.135. The first-order chi connectivity index (χ1) is 18.5. The van der Waals surface area contributed by atoms with Gasteiger partial charge in [0.25, 0.3) is 0 Å². The maximum Gasteiger partial charge on any atom is 0.416 e. The van der Waals surface area contributed by atoms with Crippen molar-refractivity contribution in [2.24, 2.45) is 0 Å². The second kappa shape index (κ2) is 12.1. The Balaban J connectivity index is 1.41. The summed E-state index contributed by atoms with van der Waals surface area (Å²) in [5, 5.41) is 14.3. The number of benzene rings is 3. The highest BCUT2D eigenvalue weighted by atomic mass is 35.5. The first kappa shape index (κ1) is 26.4. The molecule has 3 N–H and O–H groups in total. The van der Waals surface area contributed by atoms with Crippen LogP contribution in [-0.2, 0) is 6.42 Å². The molecular formula is C29H29Cl2N3O4. The van der Waals surface area contributed by atoms with Crippen molar-refractivity contribution >= 4 is 40.2 Å². The Hall–Kier alpha value is -3.23. The minimum atomic E-state index is -0.435. The quantitative estimate of drug-likeness (QED) is 0.222. The molecule has 1 aliphatic heterocycles. The minimum Gasteiger partial charge on any atom is -0.494 e. The van der Waals surface area contributed by atoms with E-state index in [1.54, 1.807) is 29.2 Å². The zero-order valence-corrected chi connectivity index (χ0v) is 22.3. The Morgan fingerprint density at radius 1 is 1.00 bits per heavy atom. The highest BCUT2D eigenvalue weighted by Gasteiger charge is 2.35. The van der Waals surface area contributed by atoms with Crippen LogP contribution in [0.5, 0.6) is 11.5 Å². The lowest BCUT2D eigenvalue weighted by Gasteiger charge is -2.35. The molecule has 1 amide bonds. The summed E-state index contributed by atoms with van der Waals surface area (Å²) in [7, 11) is 0. The number of nitrogens with one attached hydrogen (secondary N) is 2. The molecule has 0 spiro atoms. The van der Waals surface area contributed by atoms with Gasteiger partial charge in [-0.1, -0.05) is 35.3 Å². The molecular weight excluding hydrogens is 525 g/mol. The van der Waals surface area contributed by atoms with E-state index in [2.05, 4.69) is 10.3 Å². The Kier molecular flexibility index (Phi) is 8.39. The average Bonchev–Trinajstić information content (AvgIpc) is 3.29. The molecule has 0 saturated heterocycles. The lowest BCUT2D eigenvalue weighted by Crippen LogP contribution is -2.42. The van der Waals surface area contributed by atoms with Crippen LogP contribution < -0.4 is 14.8 Å². The van der Waals surface area contributed by atoms with Gasteiger partial charge in [-0.25, -0.2) is 4.79 Å². The van der Waals surface area contributed by atoms with E-state index < -0.39 is 6.09 Å². The maximum atomic E-state index is 13.4. The normalized spacial score (nSPS) is 14.9. The molecule has 3 aromatic carbocycles. The molecule has 0 fully saturated rings. The van der Waals surface area contributed by atoms with Crippen LogP contribution >= 0.6 is 23.2 Å². The van der Waals surface area contributed by atoms with Crippen molar-refractivity contribution in [3.05, 3.63) is 93.6 Å². The van der Waals surface area contributed by atoms with E-state index in [1.165, 1.54) is 0 Å². The fourth-order valence-corrected chi connectivity index (χ4v) is 5.10. The Bertz CT molecular complexity index is 1390. The number of aromatic nitrogens is 1. The molecule has 38 heavy (non-hydrogen) atoms. The van der Waals surface area contributed by atoms with Crippen LogP contribution in [0.2, 0.25) is 10.0 Å².